The molecule has 3 N–H and O–H groups in total. The van der Waals surface area contributed by atoms with Crippen molar-refractivity contribution < 1.29 is 15.0 Å². The van der Waals surface area contributed by atoms with Gasteiger partial charge in [0.15, 0.2) is 0 Å². The lowest BCUT2D eigenvalue weighted by Crippen LogP contribution is -2.45. The molecule has 0 aromatic carbocycles. The van der Waals surface area contributed by atoms with Crippen molar-refractivity contribution in [1.82, 2.24) is 5.32 Å². The lowest BCUT2D eigenvalue weighted by molar-refractivity contribution is -0.123. The van der Waals surface area contributed by atoms with E-state index in [1.165, 1.54) is 51.4 Å². The van der Waals surface area contributed by atoms with Gasteiger partial charge in [-0.25, -0.2) is 0 Å². The van der Waals surface area contributed by atoms with Gasteiger partial charge < -0.3 is 15.5 Å². The zero-order chi connectivity index (χ0) is 37.1. The van der Waals surface area contributed by atoms with Gasteiger partial charge in [-0.2, -0.15) is 0 Å². The van der Waals surface area contributed by atoms with Crippen molar-refractivity contribution in [2.24, 2.45) is 0 Å². The third-order valence-corrected chi connectivity index (χ3v) is 8.51. The minimum atomic E-state index is -0.850. The zero-order valence-corrected chi connectivity index (χ0v) is 32.8. The first-order valence-electron chi connectivity index (χ1n) is 20.6. The summed E-state index contributed by atoms with van der Waals surface area (Å²) in [4.78, 5) is 12.3. The van der Waals surface area contributed by atoms with Gasteiger partial charge in [-0.05, 0) is 83.5 Å². The molecule has 51 heavy (non-hydrogen) atoms. The number of aliphatic hydroxyl groups is 2. The van der Waals surface area contributed by atoms with E-state index in [9.17, 15) is 15.0 Å². The molecule has 2 unspecified atom stereocenters. The molecule has 0 saturated heterocycles. The minimum Gasteiger partial charge on any atom is -0.394 e. The Balaban J connectivity index is 3.68. The predicted molar refractivity (Wildman–Crippen MR) is 225 cm³/mol. The Morgan fingerprint density at radius 1 is 0.490 bits per heavy atom. The van der Waals surface area contributed by atoms with Crippen LogP contribution in [0.5, 0.6) is 0 Å². The topological polar surface area (TPSA) is 69.6 Å². The van der Waals surface area contributed by atoms with Crippen molar-refractivity contribution >= 4 is 5.91 Å². The van der Waals surface area contributed by atoms with Crippen molar-refractivity contribution in [3.05, 3.63) is 109 Å². The Morgan fingerprint density at radius 2 is 0.863 bits per heavy atom. The van der Waals surface area contributed by atoms with E-state index >= 15 is 0 Å². The summed E-state index contributed by atoms with van der Waals surface area (Å²) < 4.78 is 0. The Morgan fingerprint density at radius 3 is 1.29 bits per heavy atom. The van der Waals surface area contributed by atoms with Crippen LogP contribution < -0.4 is 5.32 Å². The second-order valence-corrected chi connectivity index (χ2v) is 13.3. The summed E-state index contributed by atoms with van der Waals surface area (Å²) in [6.45, 7) is 4.12. The number of aliphatic hydroxyl groups excluding tert-OH is 2. The van der Waals surface area contributed by atoms with E-state index in [2.05, 4.69) is 116 Å². The Bertz CT molecular complexity index is 1030. The van der Waals surface area contributed by atoms with E-state index in [1.54, 1.807) is 6.08 Å². The molecule has 0 fully saturated rings. The summed E-state index contributed by atoms with van der Waals surface area (Å²) >= 11 is 0. The van der Waals surface area contributed by atoms with Crippen LogP contribution in [0.1, 0.15) is 162 Å². The molecular formula is C47H77NO3. The fraction of sp³-hybridized carbons (Fsp3) is 0.596. The molecule has 0 aromatic heterocycles. The molecule has 0 aromatic rings. The summed E-state index contributed by atoms with van der Waals surface area (Å²) in [5.74, 6) is -0.0889. The third-order valence-electron chi connectivity index (χ3n) is 8.51. The maximum atomic E-state index is 12.3. The van der Waals surface area contributed by atoms with Crippen molar-refractivity contribution in [3.8, 4) is 0 Å². The van der Waals surface area contributed by atoms with E-state index < -0.39 is 12.1 Å². The van der Waals surface area contributed by atoms with E-state index in [-0.39, 0.29) is 12.5 Å². The lowest BCUT2D eigenvalue weighted by atomic mass is 10.1. The Kier molecular flexibility index (Phi) is 39.1. The highest BCUT2D eigenvalue weighted by atomic mass is 16.3. The van der Waals surface area contributed by atoms with Gasteiger partial charge in [-0.15, -0.1) is 0 Å². The number of amides is 1. The number of carbonyl (C=O) groups excluding carboxylic acids is 1. The van der Waals surface area contributed by atoms with Crippen molar-refractivity contribution in [1.29, 1.82) is 0 Å². The zero-order valence-electron chi connectivity index (χ0n) is 32.8. The molecule has 2 atom stereocenters. The van der Waals surface area contributed by atoms with Gasteiger partial charge in [0.05, 0.1) is 18.8 Å². The van der Waals surface area contributed by atoms with Crippen LogP contribution in [0.2, 0.25) is 0 Å². The maximum absolute atomic E-state index is 12.3. The Labute approximate surface area is 315 Å². The lowest BCUT2D eigenvalue weighted by Gasteiger charge is -2.20. The predicted octanol–water partition coefficient (Wildman–Crippen LogP) is 12.8. The number of unbranched alkanes of at least 4 members (excludes halogenated alkanes) is 12. The fourth-order valence-corrected chi connectivity index (χ4v) is 5.37. The molecule has 1 amide bonds. The first kappa shape index (κ1) is 48.0. The highest BCUT2D eigenvalue weighted by molar-refractivity contribution is 5.76. The maximum Gasteiger partial charge on any atom is 0.220 e. The third kappa shape index (κ3) is 38.1. The molecule has 0 saturated carbocycles. The van der Waals surface area contributed by atoms with E-state index in [0.29, 0.717) is 6.42 Å². The van der Waals surface area contributed by atoms with E-state index in [0.717, 1.165) is 89.9 Å². The van der Waals surface area contributed by atoms with Crippen LogP contribution in [0.4, 0.5) is 0 Å². The summed E-state index contributed by atoms with van der Waals surface area (Å²) in [5.41, 5.74) is 0. The second kappa shape index (κ2) is 41.5. The van der Waals surface area contributed by atoms with Crippen LogP contribution in [-0.2, 0) is 4.79 Å². The van der Waals surface area contributed by atoms with Gasteiger partial charge in [0.1, 0.15) is 0 Å². The first-order chi connectivity index (χ1) is 25.2. The monoisotopic (exact) mass is 704 g/mol. The standard InChI is InChI=1S/C47H77NO3/c1-3-5-7-9-11-13-14-15-16-17-18-19-20-21-22-23-24-25-26-27-28-29-30-31-32-33-34-35-37-39-41-43-47(51)48-45(44-49)46(50)42-40-38-36-12-10-8-6-4-2/h5,7,11,13,15-16,18-19,21-22,24-25,27-28,30-31,40,42,45-46,49-50H,3-4,6,8-10,12,14,17,20,23,26,29,32-39,41,43-44H2,1-2H3,(H,48,51)/b7-5-,13-11-,16-15-,19-18-,22-21-,25-24-,28-27-,31-30-,42-40+. The summed E-state index contributed by atoms with van der Waals surface area (Å²) in [6.07, 6.45) is 63.4. The molecule has 288 valence electrons. The molecule has 0 aliphatic rings. The first-order valence-corrected chi connectivity index (χ1v) is 20.6. The van der Waals surface area contributed by atoms with Crippen LogP contribution in [0, 0.1) is 0 Å². The highest BCUT2D eigenvalue weighted by Crippen LogP contribution is 2.11. The van der Waals surface area contributed by atoms with Crippen LogP contribution in [0.3, 0.4) is 0 Å². The van der Waals surface area contributed by atoms with Gasteiger partial charge in [0, 0.05) is 6.42 Å². The molecule has 4 heteroatoms. The molecule has 0 radical (unpaired) electrons. The summed E-state index contributed by atoms with van der Waals surface area (Å²) in [7, 11) is 0. The molecule has 4 nitrogen and oxygen atoms in total. The van der Waals surface area contributed by atoms with Crippen LogP contribution in [-0.4, -0.2) is 34.9 Å². The highest BCUT2D eigenvalue weighted by Gasteiger charge is 2.17. The number of nitrogens with one attached hydrogen (secondary N) is 1. The number of hydrogen-bond donors (Lipinski definition) is 3. The van der Waals surface area contributed by atoms with E-state index in [4.69, 9.17) is 0 Å². The van der Waals surface area contributed by atoms with Gasteiger partial charge in [0.2, 0.25) is 5.91 Å². The molecule has 0 spiro atoms. The number of carbonyl (C=O) groups is 1. The second-order valence-electron chi connectivity index (χ2n) is 13.3. The molecular weight excluding hydrogens is 627 g/mol. The molecule has 0 aliphatic carbocycles. The quantitative estimate of drug-likeness (QED) is 0.0454. The fourth-order valence-electron chi connectivity index (χ4n) is 5.37. The average molecular weight is 704 g/mol. The minimum absolute atomic E-state index is 0.0889. The van der Waals surface area contributed by atoms with Crippen molar-refractivity contribution in [3.63, 3.8) is 0 Å². The molecule has 0 rings (SSSR count). The van der Waals surface area contributed by atoms with Crippen LogP contribution in [0.15, 0.2) is 109 Å². The SMILES string of the molecule is CC/C=C\C/C=C\C/C=C\C/C=C\C/C=C\C/C=C\C/C=C\C/C=C\CCCCCCCCC(=O)NC(CO)C(O)/C=C/CCCCCCCC. The van der Waals surface area contributed by atoms with Crippen LogP contribution in [0.25, 0.3) is 0 Å². The number of allylic oxidation sites excluding steroid dienone is 17. The summed E-state index contributed by atoms with van der Waals surface area (Å²) in [5, 5.41) is 22.8. The van der Waals surface area contributed by atoms with Gasteiger partial charge in [-0.3, -0.25) is 4.79 Å². The smallest absolute Gasteiger partial charge is 0.220 e. The normalized spacial score (nSPS) is 14.2. The number of hydrogen-bond acceptors (Lipinski definition) is 3. The average Bonchev–Trinajstić information content (AvgIpc) is 3.13. The van der Waals surface area contributed by atoms with Gasteiger partial charge in [0.25, 0.3) is 0 Å². The van der Waals surface area contributed by atoms with E-state index in [1.807, 2.05) is 6.08 Å². The molecule has 0 heterocycles. The largest absolute Gasteiger partial charge is 0.394 e. The van der Waals surface area contributed by atoms with Crippen LogP contribution >= 0.6 is 0 Å². The summed E-state index contributed by atoms with van der Waals surface area (Å²) in [6, 6.07) is -0.635. The molecule has 0 aliphatic heterocycles. The van der Waals surface area contributed by atoms with Gasteiger partial charge in [-0.1, -0.05) is 181 Å². The van der Waals surface area contributed by atoms with Crippen molar-refractivity contribution in [2.75, 3.05) is 6.61 Å². The van der Waals surface area contributed by atoms with Crippen molar-refractivity contribution in [2.45, 2.75) is 174 Å². The number of rotatable bonds is 35. The Hall–Kier alpha value is -2.95. The van der Waals surface area contributed by atoms with Gasteiger partial charge >= 0.3 is 0 Å². The molecule has 0 bridgehead atoms.